The maximum atomic E-state index is 13.2. The fourth-order valence-electron chi connectivity index (χ4n) is 6.71. The standard InChI is InChI=1S/C37H44N8O6/c1-22(2)31(43-36(49)51-4)33(47)44-37(16-6-17-37)34-39-20-28(42-34)26-14-10-24(11-15-26)23-8-12-25(13-9-23)27-19-38-32(41-27)29-7-5-18-45(29)30(46)21-40-35(48)50-3/h8-15,19-20,22,29,31H,5-7,16-18,21H2,1-4H3,(H,38,41)(H,39,42)(H,40,48)(H,43,49)(H,44,47)/t29-,31-/m0/s1. The average molecular weight is 697 g/mol. The number of carbonyl (C=O) groups excluding carboxylic acids is 4. The lowest BCUT2D eigenvalue weighted by atomic mass is 9.75. The highest BCUT2D eigenvalue weighted by molar-refractivity contribution is 5.86. The number of carbonyl (C=O) groups is 4. The second-order valence-electron chi connectivity index (χ2n) is 13.4. The zero-order valence-electron chi connectivity index (χ0n) is 29.2. The lowest BCUT2D eigenvalue weighted by Crippen LogP contribution is -2.58. The molecule has 0 bridgehead atoms. The van der Waals surface area contributed by atoms with Gasteiger partial charge < -0.3 is 40.3 Å². The molecule has 14 nitrogen and oxygen atoms in total. The van der Waals surface area contributed by atoms with Gasteiger partial charge in [0.2, 0.25) is 11.8 Å². The van der Waals surface area contributed by atoms with E-state index in [4.69, 9.17) is 4.74 Å². The van der Waals surface area contributed by atoms with Crippen molar-refractivity contribution in [1.29, 1.82) is 0 Å². The fraction of sp³-hybridized carbons (Fsp3) is 0.405. The summed E-state index contributed by atoms with van der Waals surface area (Å²) in [6.45, 7) is 4.23. The Kier molecular flexibility index (Phi) is 10.4. The number of nitrogens with one attached hydrogen (secondary N) is 5. The van der Waals surface area contributed by atoms with Gasteiger partial charge in [0.1, 0.15) is 24.2 Å². The van der Waals surface area contributed by atoms with E-state index < -0.39 is 23.8 Å². The minimum absolute atomic E-state index is 0.125. The largest absolute Gasteiger partial charge is 0.453 e. The minimum atomic E-state index is -0.730. The Labute approximate surface area is 296 Å². The molecule has 2 fully saturated rings. The second kappa shape index (κ2) is 15.1. The van der Waals surface area contributed by atoms with E-state index in [1.54, 1.807) is 17.3 Å². The highest BCUT2D eigenvalue weighted by Crippen LogP contribution is 2.41. The lowest BCUT2D eigenvalue weighted by molar-refractivity contribution is -0.131. The number of hydrogen-bond acceptors (Lipinski definition) is 8. The van der Waals surface area contributed by atoms with Crippen molar-refractivity contribution in [1.82, 2.24) is 40.8 Å². The van der Waals surface area contributed by atoms with Crippen molar-refractivity contribution in [3.63, 3.8) is 0 Å². The van der Waals surface area contributed by atoms with Gasteiger partial charge in [-0.2, -0.15) is 0 Å². The Morgan fingerprint density at radius 3 is 2.00 bits per heavy atom. The third kappa shape index (κ3) is 7.59. The van der Waals surface area contributed by atoms with Gasteiger partial charge in [-0.05, 0) is 60.3 Å². The molecule has 0 radical (unpaired) electrons. The molecule has 2 aliphatic rings. The number of amides is 4. The van der Waals surface area contributed by atoms with Gasteiger partial charge in [-0.15, -0.1) is 0 Å². The zero-order chi connectivity index (χ0) is 36.1. The van der Waals surface area contributed by atoms with Gasteiger partial charge in [0.25, 0.3) is 0 Å². The number of benzene rings is 2. The van der Waals surface area contributed by atoms with Crippen molar-refractivity contribution >= 4 is 24.0 Å². The summed E-state index contributed by atoms with van der Waals surface area (Å²) in [5.74, 6) is 0.841. The van der Waals surface area contributed by atoms with Crippen molar-refractivity contribution < 1.29 is 28.7 Å². The van der Waals surface area contributed by atoms with E-state index in [2.05, 4.69) is 64.9 Å². The van der Waals surface area contributed by atoms with E-state index in [0.717, 1.165) is 71.6 Å². The monoisotopic (exact) mass is 696 g/mol. The van der Waals surface area contributed by atoms with Crippen LogP contribution < -0.4 is 16.0 Å². The van der Waals surface area contributed by atoms with Crippen LogP contribution in [0.2, 0.25) is 0 Å². The first-order valence-corrected chi connectivity index (χ1v) is 17.2. The summed E-state index contributed by atoms with van der Waals surface area (Å²) in [6, 6.07) is 15.5. The van der Waals surface area contributed by atoms with Gasteiger partial charge in [-0.3, -0.25) is 9.59 Å². The van der Waals surface area contributed by atoms with E-state index in [-0.39, 0.29) is 30.3 Å². The molecule has 1 aliphatic carbocycles. The summed E-state index contributed by atoms with van der Waals surface area (Å²) in [5, 5.41) is 8.26. The van der Waals surface area contributed by atoms with E-state index in [1.165, 1.54) is 14.2 Å². The van der Waals surface area contributed by atoms with Crippen LogP contribution in [-0.4, -0.2) is 82.2 Å². The molecule has 1 aliphatic heterocycles. The molecule has 2 aromatic heterocycles. The molecule has 14 heteroatoms. The maximum absolute atomic E-state index is 13.2. The molecule has 3 heterocycles. The number of rotatable bonds is 11. The normalized spacial score (nSPS) is 17.0. The molecule has 4 amide bonds. The van der Waals surface area contributed by atoms with Crippen LogP contribution in [-0.2, 0) is 24.6 Å². The molecule has 5 N–H and O–H groups in total. The maximum Gasteiger partial charge on any atom is 0.407 e. The number of H-pyrrole nitrogens is 2. The molecule has 268 valence electrons. The number of hydrogen-bond donors (Lipinski definition) is 5. The Balaban J connectivity index is 1.10. The summed E-state index contributed by atoms with van der Waals surface area (Å²) in [5.41, 5.74) is 5.13. The van der Waals surface area contributed by atoms with Crippen LogP contribution in [0.15, 0.2) is 60.9 Å². The predicted octanol–water partition coefficient (Wildman–Crippen LogP) is 5.03. The summed E-state index contributed by atoms with van der Waals surface area (Å²) >= 11 is 0. The Morgan fingerprint density at radius 1 is 0.843 bits per heavy atom. The van der Waals surface area contributed by atoms with Crippen LogP contribution >= 0.6 is 0 Å². The number of nitrogens with zero attached hydrogens (tertiary/aromatic N) is 3. The molecular formula is C37H44N8O6. The fourth-order valence-corrected chi connectivity index (χ4v) is 6.71. The van der Waals surface area contributed by atoms with E-state index >= 15 is 0 Å². The molecule has 2 atom stereocenters. The number of aromatic amines is 2. The number of imidazole rings is 2. The smallest absolute Gasteiger partial charge is 0.407 e. The molecule has 4 aromatic rings. The van der Waals surface area contributed by atoms with Gasteiger partial charge in [-0.25, -0.2) is 19.6 Å². The van der Waals surface area contributed by atoms with Gasteiger partial charge in [0.15, 0.2) is 0 Å². The second-order valence-corrected chi connectivity index (χ2v) is 13.4. The molecule has 2 aromatic carbocycles. The van der Waals surface area contributed by atoms with Crippen molar-refractivity contribution in [3.05, 3.63) is 72.6 Å². The van der Waals surface area contributed by atoms with Gasteiger partial charge in [0.05, 0.1) is 49.6 Å². The van der Waals surface area contributed by atoms with Gasteiger partial charge >= 0.3 is 12.2 Å². The quantitative estimate of drug-likeness (QED) is 0.145. The first kappa shape index (κ1) is 35.2. The van der Waals surface area contributed by atoms with E-state index in [1.807, 2.05) is 38.1 Å². The third-order valence-electron chi connectivity index (χ3n) is 9.79. The van der Waals surface area contributed by atoms with Crippen molar-refractivity contribution in [2.75, 3.05) is 27.3 Å². The zero-order valence-corrected chi connectivity index (χ0v) is 29.2. The highest BCUT2D eigenvalue weighted by Gasteiger charge is 2.44. The van der Waals surface area contributed by atoms with Crippen molar-refractivity contribution in [2.45, 2.75) is 63.6 Å². The van der Waals surface area contributed by atoms with Crippen LogP contribution in [0.3, 0.4) is 0 Å². The van der Waals surface area contributed by atoms with Crippen LogP contribution in [0.25, 0.3) is 33.6 Å². The van der Waals surface area contributed by atoms with Crippen LogP contribution in [0.4, 0.5) is 9.59 Å². The Morgan fingerprint density at radius 2 is 1.43 bits per heavy atom. The number of aromatic nitrogens is 4. The summed E-state index contributed by atoms with van der Waals surface area (Å²) < 4.78 is 9.28. The molecule has 0 spiro atoms. The van der Waals surface area contributed by atoms with E-state index in [9.17, 15) is 19.2 Å². The molecule has 1 saturated carbocycles. The third-order valence-corrected chi connectivity index (χ3v) is 9.79. The minimum Gasteiger partial charge on any atom is -0.453 e. The lowest BCUT2D eigenvalue weighted by Gasteiger charge is -2.42. The molecule has 51 heavy (non-hydrogen) atoms. The summed E-state index contributed by atoms with van der Waals surface area (Å²) in [7, 11) is 2.54. The number of likely N-dealkylation sites (tertiary alicyclic amines) is 1. The van der Waals surface area contributed by atoms with Gasteiger partial charge in [0, 0.05) is 6.54 Å². The topological polar surface area (TPSA) is 183 Å². The van der Waals surface area contributed by atoms with E-state index in [0.29, 0.717) is 12.4 Å². The van der Waals surface area contributed by atoms with Crippen molar-refractivity contribution in [2.24, 2.45) is 5.92 Å². The Hall–Kier alpha value is -5.66. The molecule has 6 rings (SSSR count). The van der Waals surface area contributed by atoms with Crippen LogP contribution in [0.1, 0.15) is 63.6 Å². The Bertz CT molecular complexity index is 1860. The number of alkyl carbamates (subject to hydrolysis) is 2. The van der Waals surface area contributed by atoms with Crippen molar-refractivity contribution in [3.8, 4) is 33.6 Å². The molecule has 0 unspecified atom stereocenters. The average Bonchev–Trinajstić information content (AvgIpc) is 3.92. The van der Waals surface area contributed by atoms with Crippen LogP contribution in [0.5, 0.6) is 0 Å². The molecule has 1 saturated heterocycles. The first-order chi connectivity index (χ1) is 24.6. The summed E-state index contributed by atoms with van der Waals surface area (Å²) in [6.07, 6.45) is 6.39. The highest BCUT2D eigenvalue weighted by atomic mass is 16.5. The first-order valence-electron chi connectivity index (χ1n) is 17.2. The number of ether oxygens (including phenoxy) is 2. The predicted molar refractivity (Wildman–Crippen MR) is 189 cm³/mol. The van der Waals surface area contributed by atoms with Gasteiger partial charge in [-0.1, -0.05) is 62.4 Å². The van der Waals surface area contributed by atoms with Crippen LogP contribution in [0, 0.1) is 5.92 Å². The summed E-state index contributed by atoms with van der Waals surface area (Å²) in [4.78, 5) is 67.1. The molecular weight excluding hydrogens is 652 g/mol. The number of methoxy groups -OCH3 is 2. The SMILES string of the molecule is COC(=O)NCC(=O)N1CCC[C@H]1c1ncc(-c2ccc(-c3ccc(-c4cnc(C5(NC(=O)[C@@H](NC(=O)OC)C(C)C)CCC5)[nH]4)cc3)cc2)[nH]1.